The molecule has 1 aromatic carbocycles. The molecule has 0 heterocycles. The lowest BCUT2D eigenvalue weighted by atomic mass is 10.1. The highest BCUT2D eigenvalue weighted by molar-refractivity contribution is 7.90. The van der Waals surface area contributed by atoms with Gasteiger partial charge in [0.1, 0.15) is 10.7 Å². The number of thiocarbonyl (C=S) groups is 1. The Kier molecular flexibility index (Phi) is 4.95. The van der Waals surface area contributed by atoms with Crippen LogP contribution in [0.25, 0.3) is 0 Å². The molecule has 0 spiro atoms. The van der Waals surface area contributed by atoms with Crippen molar-refractivity contribution < 1.29 is 13.2 Å². The van der Waals surface area contributed by atoms with Crippen molar-refractivity contribution in [2.24, 2.45) is 5.73 Å². The Morgan fingerprint density at radius 2 is 1.95 bits per heavy atom. The van der Waals surface area contributed by atoms with Gasteiger partial charge in [0.25, 0.3) is 10.2 Å². The van der Waals surface area contributed by atoms with E-state index >= 15 is 0 Å². The van der Waals surface area contributed by atoms with Crippen LogP contribution in [0.1, 0.15) is 26.3 Å². The van der Waals surface area contributed by atoms with E-state index in [2.05, 4.69) is 9.44 Å². The summed E-state index contributed by atoms with van der Waals surface area (Å²) in [5, 5.41) is 0. The summed E-state index contributed by atoms with van der Waals surface area (Å²) in [6, 6.07) is 4.76. The third-order valence-corrected chi connectivity index (χ3v) is 3.78. The van der Waals surface area contributed by atoms with Gasteiger partial charge in [-0.2, -0.15) is 13.1 Å². The first-order valence-electron chi connectivity index (χ1n) is 5.83. The highest BCUT2D eigenvalue weighted by atomic mass is 32.2. The highest BCUT2D eigenvalue weighted by Crippen LogP contribution is 2.26. The van der Waals surface area contributed by atoms with Gasteiger partial charge < -0.3 is 10.5 Å². The van der Waals surface area contributed by atoms with Gasteiger partial charge in [0.05, 0.1) is 12.8 Å². The van der Waals surface area contributed by atoms with E-state index in [-0.39, 0.29) is 4.99 Å². The van der Waals surface area contributed by atoms with E-state index in [1.807, 2.05) is 0 Å². The van der Waals surface area contributed by atoms with Gasteiger partial charge in [-0.3, -0.25) is 4.72 Å². The lowest BCUT2D eigenvalue weighted by Gasteiger charge is -2.21. The maximum atomic E-state index is 12.0. The Bertz CT molecular complexity index is 607. The minimum atomic E-state index is -3.70. The van der Waals surface area contributed by atoms with Gasteiger partial charge in [-0.15, -0.1) is 0 Å². The van der Waals surface area contributed by atoms with E-state index in [4.69, 9.17) is 22.7 Å². The van der Waals surface area contributed by atoms with Crippen LogP contribution in [0.5, 0.6) is 5.75 Å². The van der Waals surface area contributed by atoms with Gasteiger partial charge in [-0.1, -0.05) is 12.2 Å². The van der Waals surface area contributed by atoms with Crippen LogP contribution in [-0.2, 0) is 10.2 Å². The van der Waals surface area contributed by atoms with Crippen molar-refractivity contribution in [3.63, 3.8) is 0 Å². The second-order valence-electron chi connectivity index (χ2n) is 5.24. The first-order valence-corrected chi connectivity index (χ1v) is 7.73. The summed E-state index contributed by atoms with van der Waals surface area (Å²) < 4.78 is 34.0. The van der Waals surface area contributed by atoms with Crippen LogP contribution in [0.2, 0.25) is 0 Å². The fourth-order valence-electron chi connectivity index (χ4n) is 1.50. The average Bonchev–Trinajstić information content (AvgIpc) is 2.25. The van der Waals surface area contributed by atoms with Crippen molar-refractivity contribution in [3.05, 3.63) is 23.8 Å². The number of ether oxygens (including phenoxy) is 1. The Hall–Kier alpha value is -1.38. The van der Waals surface area contributed by atoms with Crippen LogP contribution in [0.4, 0.5) is 5.69 Å². The SMILES string of the molecule is COc1cc(C(N)=S)ccc1NS(=O)(=O)NC(C)(C)C. The van der Waals surface area contributed by atoms with Gasteiger partial charge in [-0.05, 0) is 39.0 Å². The fourth-order valence-corrected chi connectivity index (χ4v) is 2.94. The maximum absolute atomic E-state index is 12.0. The van der Waals surface area contributed by atoms with Crippen molar-refractivity contribution in [3.8, 4) is 5.75 Å². The van der Waals surface area contributed by atoms with Crippen molar-refractivity contribution >= 4 is 33.1 Å². The summed E-state index contributed by atoms with van der Waals surface area (Å²) in [6.45, 7) is 5.25. The monoisotopic (exact) mass is 317 g/mol. The molecule has 1 rings (SSSR count). The Morgan fingerprint density at radius 3 is 2.40 bits per heavy atom. The summed E-state index contributed by atoms with van der Waals surface area (Å²) >= 11 is 4.87. The van der Waals surface area contributed by atoms with Crippen LogP contribution in [0, 0.1) is 0 Å². The van der Waals surface area contributed by atoms with Crippen molar-refractivity contribution in [1.29, 1.82) is 0 Å². The fraction of sp³-hybridized carbons (Fsp3) is 0.417. The lowest BCUT2D eigenvalue weighted by molar-refractivity contribution is 0.416. The Labute approximate surface area is 124 Å². The third-order valence-electron chi connectivity index (χ3n) is 2.17. The topological polar surface area (TPSA) is 93.4 Å². The first-order chi connectivity index (χ1) is 9.04. The molecule has 112 valence electrons. The second-order valence-corrected chi connectivity index (χ2v) is 7.09. The smallest absolute Gasteiger partial charge is 0.299 e. The normalized spacial score (nSPS) is 12.0. The van der Waals surface area contributed by atoms with E-state index in [0.29, 0.717) is 17.0 Å². The van der Waals surface area contributed by atoms with Crippen LogP contribution in [0.3, 0.4) is 0 Å². The van der Waals surface area contributed by atoms with Crippen molar-refractivity contribution in [2.75, 3.05) is 11.8 Å². The predicted molar refractivity (Wildman–Crippen MR) is 84.3 cm³/mol. The number of nitrogens with two attached hydrogens (primary N) is 1. The number of methoxy groups -OCH3 is 1. The van der Waals surface area contributed by atoms with Crippen molar-refractivity contribution in [1.82, 2.24) is 4.72 Å². The molecule has 6 nitrogen and oxygen atoms in total. The molecule has 20 heavy (non-hydrogen) atoms. The molecule has 0 saturated heterocycles. The summed E-state index contributed by atoms with van der Waals surface area (Å²) in [6.07, 6.45) is 0. The molecule has 0 saturated carbocycles. The molecule has 4 N–H and O–H groups in total. The van der Waals surface area contributed by atoms with Crippen LogP contribution in [0.15, 0.2) is 18.2 Å². The third kappa shape index (κ3) is 4.95. The molecule has 0 radical (unpaired) electrons. The molecule has 0 bridgehead atoms. The standard InChI is InChI=1S/C12H19N3O3S2/c1-12(2,3)15-20(16,17)14-9-6-5-8(11(13)19)7-10(9)18-4/h5-7,14-15H,1-4H3,(H2,13,19). The molecule has 1 aromatic rings. The number of rotatable bonds is 5. The zero-order valence-corrected chi connectivity index (χ0v) is 13.5. The first kappa shape index (κ1) is 16.7. The molecular weight excluding hydrogens is 298 g/mol. The summed E-state index contributed by atoms with van der Waals surface area (Å²) in [5.41, 5.74) is 5.85. The predicted octanol–water partition coefficient (Wildman–Crippen LogP) is 1.37. The Balaban J connectivity index is 3.06. The quantitative estimate of drug-likeness (QED) is 0.713. The summed E-state index contributed by atoms with van der Waals surface area (Å²) in [4.78, 5) is 0.213. The van der Waals surface area contributed by atoms with E-state index in [0.717, 1.165) is 0 Å². The van der Waals surface area contributed by atoms with E-state index in [9.17, 15) is 8.42 Å². The van der Waals surface area contributed by atoms with Gasteiger partial charge in [0.2, 0.25) is 0 Å². The number of nitrogens with one attached hydrogen (secondary N) is 2. The number of hydrogen-bond donors (Lipinski definition) is 3. The molecule has 8 heteroatoms. The molecule has 0 atom stereocenters. The molecule has 0 aliphatic carbocycles. The van der Waals surface area contributed by atoms with E-state index in [1.165, 1.54) is 7.11 Å². The van der Waals surface area contributed by atoms with Gasteiger partial charge >= 0.3 is 0 Å². The molecule has 0 aliphatic rings. The van der Waals surface area contributed by atoms with Crippen LogP contribution in [-0.4, -0.2) is 26.1 Å². The lowest BCUT2D eigenvalue weighted by Crippen LogP contribution is -2.43. The number of anilines is 1. The summed E-state index contributed by atoms with van der Waals surface area (Å²) in [7, 11) is -2.26. The maximum Gasteiger partial charge on any atom is 0.299 e. The molecule has 0 aliphatic heterocycles. The van der Waals surface area contributed by atoms with E-state index < -0.39 is 15.7 Å². The van der Waals surface area contributed by atoms with Gasteiger partial charge in [0.15, 0.2) is 0 Å². The van der Waals surface area contributed by atoms with Gasteiger partial charge in [0, 0.05) is 11.1 Å². The molecule has 0 aromatic heterocycles. The molecular formula is C12H19N3O3S2. The minimum Gasteiger partial charge on any atom is -0.495 e. The highest BCUT2D eigenvalue weighted by Gasteiger charge is 2.21. The number of hydrogen-bond acceptors (Lipinski definition) is 4. The minimum absolute atomic E-state index is 0.213. The average molecular weight is 317 g/mol. The van der Waals surface area contributed by atoms with Crippen LogP contribution < -0.4 is 19.9 Å². The van der Waals surface area contributed by atoms with E-state index in [1.54, 1.807) is 39.0 Å². The summed E-state index contributed by atoms with van der Waals surface area (Å²) in [5.74, 6) is 0.342. The van der Waals surface area contributed by atoms with Gasteiger partial charge in [-0.25, -0.2) is 0 Å². The second kappa shape index (κ2) is 5.94. The number of benzene rings is 1. The van der Waals surface area contributed by atoms with Crippen LogP contribution >= 0.6 is 12.2 Å². The largest absolute Gasteiger partial charge is 0.495 e. The Morgan fingerprint density at radius 1 is 1.35 bits per heavy atom. The molecule has 0 fully saturated rings. The molecule has 0 unspecified atom stereocenters. The van der Waals surface area contributed by atoms with Crippen molar-refractivity contribution in [2.45, 2.75) is 26.3 Å². The zero-order valence-electron chi connectivity index (χ0n) is 11.9. The zero-order chi connectivity index (χ0) is 15.6. The molecule has 0 amide bonds.